The fraction of sp³-hybridized carbons (Fsp3) is 0.650. The van der Waals surface area contributed by atoms with Crippen molar-refractivity contribution in [3.05, 3.63) is 35.9 Å². The Balaban J connectivity index is 1.43. The predicted molar refractivity (Wildman–Crippen MR) is 97.9 cm³/mol. The summed E-state index contributed by atoms with van der Waals surface area (Å²) >= 11 is 0. The number of piperidine rings is 1. The van der Waals surface area contributed by atoms with Crippen LogP contribution < -0.4 is 10.6 Å². The van der Waals surface area contributed by atoms with Gasteiger partial charge in [-0.25, -0.2) is 4.79 Å². The van der Waals surface area contributed by atoms with Crippen LogP contribution in [-0.2, 0) is 6.54 Å². The van der Waals surface area contributed by atoms with Gasteiger partial charge in [-0.3, -0.25) is 4.90 Å². The first-order valence-corrected chi connectivity index (χ1v) is 9.63. The van der Waals surface area contributed by atoms with Gasteiger partial charge in [0, 0.05) is 25.2 Å². The van der Waals surface area contributed by atoms with E-state index in [2.05, 4.69) is 15.5 Å². The number of carbonyl (C=O) groups is 1. The molecule has 3 rings (SSSR count). The number of hydrogen-bond acceptors (Lipinski definition) is 2. The van der Waals surface area contributed by atoms with E-state index >= 15 is 0 Å². The third-order valence-corrected chi connectivity index (χ3v) is 5.43. The minimum Gasteiger partial charge on any atom is -0.334 e. The van der Waals surface area contributed by atoms with Gasteiger partial charge in [0.25, 0.3) is 0 Å². The van der Waals surface area contributed by atoms with Crippen LogP contribution in [0, 0.1) is 0 Å². The molecule has 2 amide bonds. The summed E-state index contributed by atoms with van der Waals surface area (Å²) in [7, 11) is 0. The monoisotopic (exact) mass is 329 g/mol. The molecule has 1 heterocycles. The zero-order valence-corrected chi connectivity index (χ0v) is 14.7. The van der Waals surface area contributed by atoms with Crippen molar-refractivity contribution in [3.63, 3.8) is 0 Å². The number of nitrogens with zero attached hydrogens (tertiary/aromatic N) is 1. The summed E-state index contributed by atoms with van der Waals surface area (Å²) in [6, 6.07) is 11.1. The maximum atomic E-state index is 12.2. The van der Waals surface area contributed by atoms with Crippen LogP contribution in [0.1, 0.15) is 56.9 Å². The maximum absolute atomic E-state index is 12.2. The molecule has 2 N–H and O–H groups in total. The highest BCUT2D eigenvalue weighted by Crippen LogP contribution is 2.24. The summed E-state index contributed by atoms with van der Waals surface area (Å²) in [5, 5.41) is 6.16. The molecule has 1 atom stereocenters. The molecule has 1 aliphatic carbocycles. The second-order valence-corrected chi connectivity index (χ2v) is 7.29. The van der Waals surface area contributed by atoms with Crippen molar-refractivity contribution in [2.24, 2.45) is 0 Å². The lowest BCUT2D eigenvalue weighted by Gasteiger charge is -2.38. The summed E-state index contributed by atoms with van der Waals surface area (Å²) in [6.07, 6.45) is 10.5. The summed E-state index contributed by atoms with van der Waals surface area (Å²) in [5.74, 6) is 0. The Hall–Kier alpha value is -1.55. The van der Waals surface area contributed by atoms with Gasteiger partial charge in [-0.05, 0) is 37.8 Å². The van der Waals surface area contributed by atoms with Gasteiger partial charge in [0.1, 0.15) is 0 Å². The van der Waals surface area contributed by atoms with Crippen LogP contribution in [0.2, 0.25) is 0 Å². The molecule has 0 bridgehead atoms. The number of hydrogen-bond donors (Lipinski definition) is 2. The Morgan fingerprint density at radius 1 is 1.00 bits per heavy atom. The molecule has 24 heavy (non-hydrogen) atoms. The minimum absolute atomic E-state index is 0.0356. The first kappa shape index (κ1) is 17.3. The molecule has 2 fully saturated rings. The molecule has 1 aromatic rings. The molecular formula is C20H31N3O. The van der Waals surface area contributed by atoms with E-state index in [1.165, 1.54) is 51.5 Å². The van der Waals surface area contributed by atoms with E-state index in [1.807, 2.05) is 30.3 Å². The Morgan fingerprint density at radius 2 is 1.75 bits per heavy atom. The van der Waals surface area contributed by atoms with E-state index in [0.29, 0.717) is 6.54 Å². The van der Waals surface area contributed by atoms with E-state index in [-0.39, 0.29) is 12.1 Å². The first-order valence-electron chi connectivity index (χ1n) is 9.63. The molecule has 0 radical (unpaired) electrons. The Bertz CT molecular complexity index is 497. The lowest BCUT2D eigenvalue weighted by Crippen LogP contribution is -2.52. The van der Waals surface area contributed by atoms with Gasteiger partial charge >= 0.3 is 6.03 Å². The van der Waals surface area contributed by atoms with Crippen LogP contribution in [0.15, 0.2) is 30.3 Å². The van der Waals surface area contributed by atoms with E-state index in [4.69, 9.17) is 0 Å². The third-order valence-electron chi connectivity index (χ3n) is 5.43. The van der Waals surface area contributed by atoms with Crippen LogP contribution in [0.3, 0.4) is 0 Å². The van der Waals surface area contributed by atoms with E-state index in [1.54, 1.807) is 0 Å². The largest absolute Gasteiger partial charge is 0.334 e. The number of urea groups is 1. The van der Waals surface area contributed by atoms with Gasteiger partial charge in [0.05, 0.1) is 0 Å². The van der Waals surface area contributed by atoms with E-state index in [0.717, 1.165) is 24.6 Å². The fourth-order valence-corrected chi connectivity index (χ4v) is 4.09. The smallest absolute Gasteiger partial charge is 0.315 e. The van der Waals surface area contributed by atoms with Crippen LogP contribution in [0.5, 0.6) is 0 Å². The summed E-state index contributed by atoms with van der Waals surface area (Å²) in [5.41, 5.74) is 1.14. The lowest BCUT2D eigenvalue weighted by molar-refractivity contribution is 0.127. The van der Waals surface area contributed by atoms with Crippen molar-refractivity contribution in [2.45, 2.75) is 70.0 Å². The highest BCUT2D eigenvalue weighted by molar-refractivity contribution is 5.74. The zero-order valence-electron chi connectivity index (χ0n) is 14.7. The van der Waals surface area contributed by atoms with Gasteiger partial charge < -0.3 is 10.6 Å². The molecule has 1 saturated heterocycles. The van der Waals surface area contributed by atoms with Crippen LogP contribution in [0.4, 0.5) is 4.79 Å². The standard InChI is InChI=1S/C20H31N3O/c24-20(21-15-17-9-4-3-5-10-17)22-18-11-8-14-23(16-18)19-12-6-1-2-7-13-19/h3-5,9-10,18-19H,1-2,6-8,11-16H2,(H2,21,22,24)/t18-/m1/s1. The number of likely N-dealkylation sites (tertiary alicyclic amines) is 1. The molecule has 132 valence electrons. The SMILES string of the molecule is O=C(NCc1ccccc1)N[C@@H]1CCCN(C2CCCCCC2)C1. The normalized spacial score (nSPS) is 23.4. The van der Waals surface area contributed by atoms with Crippen molar-refractivity contribution >= 4 is 6.03 Å². The third kappa shape index (κ3) is 5.23. The van der Waals surface area contributed by atoms with Crippen molar-refractivity contribution in [3.8, 4) is 0 Å². The first-order chi connectivity index (χ1) is 11.8. The van der Waals surface area contributed by atoms with Crippen molar-refractivity contribution < 1.29 is 4.79 Å². The molecule has 4 nitrogen and oxygen atoms in total. The summed E-state index contributed by atoms with van der Waals surface area (Å²) < 4.78 is 0. The van der Waals surface area contributed by atoms with Crippen molar-refractivity contribution in [2.75, 3.05) is 13.1 Å². The highest BCUT2D eigenvalue weighted by Gasteiger charge is 2.27. The number of rotatable bonds is 4. The van der Waals surface area contributed by atoms with E-state index in [9.17, 15) is 4.79 Å². The maximum Gasteiger partial charge on any atom is 0.315 e. The lowest BCUT2D eigenvalue weighted by atomic mass is 10.00. The van der Waals surface area contributed by atoms with Gasteiger partial charge in [0.2, 0.25) is 0 Å². The molecule has 2 aliphatic rings. The quantitative estimate of drug-likeness (QED) is 0.828. The Kier molecular flexibility index (Phi) is 6.53. The predicted octanol–water partition coefficient (Wildman–Crippen LogP) is 3.67. The Morgan fingerprint density at radius 3 is 2.50 bits per heavy atom. The molecule has 0 spiro atoms. The van der Waals surface area contributed by atoms with Crippen molar-refractivity contribution in [1.29, 1.82) is 0 Å². The molecule has 1 aromatic carbocycles. The van der Waals surface area contributed by atoms with Gasteiger partial charge in [0.15, 0.2) is 0 Å². The highest BCUT2D eigenvalue weighted by atomic mass is 16.2. The minimum atomic E-state index is -0.0356. The summed E-state index contributed by atoms with van der Waals surface area (Å²) in [6.45, 7) is 2.81. The number of amides is 2. The number of nitrogens with one attached hydrogen (secondary N) is 2. The molecule has 1 saturated carbocycles. The van der Waals surface area contributed by atoms with Gasteiger partial charge in [-0.15, -0.1) is 0 Å². The zero-order chi connectivity index (χ0) is 16.6. The average molecular weight is 329 g/mol. The Labute approximate surface area is 146 Å². The fourth-order valence-electron chi connectivity index (χ4n) is 4.09. The molecular weight excluding hydrogens is 298 g/mol. The number of carbonyl (C=O) groups excluding carboxylic acids is 1. The second kappa shape index (κ2) is 9.07. The number of benzene rings is 1. The van der Waals surface area contributed by atoms with Gasteiger partial charge in [-0.2, -0.15) is 0 Å². The van der Waals surface area contributed by atoms with E-state index < -0.39 is 0 Å². The average Bonchev–Trinajstić information content (AvgIpc) is 2.91. The summed E-state index contributed by atoms with van der Waals surface area (Å²) in [4.78, 5) is 14.8. The molecule has 0 unspecified atom stereocenters. The van der Waals surface area contributed by atoms with Crippen LogP contribution in [0.25, 0.3) is 0 Å². The molecule has 4 heteroatoms. The second-order valence-electron chi connectivity index (χ2n) is 7.29. The van der Waals surface area contributed by atoms with Crippen LogP contribution in [-0.4, -0.2) is 36.1 Å². The van der Waals surface area contributed by atoms with Crippen LogP contribution >= 0.6 is 0 Å². The van der Waals surface area contributed by atoms with Gasteiger partial charge in [-0.1, -0.05) is 56.0 Å². The topological polar surface area (TPSA) is 44.4 Å². The molecule has 0 aromatic heterocycles. The molecule has 1 aliphatic heterocycles. The van der Waals surface area contributed by atoms with Crippen molar-refractivity contribution in [1.82, 2.24) is 15.5 Å².